The fraction of sp³-hybridized carbons (Fsp3) is 0.655. The zero-order valence-corrected chi connectivity index (χ0v) is 25.1. The van der Waals surface area contributed by atoms with Gasteiger partial charge in [-0.3, -0.25) is 14.5 Å². The number of alkyl halides is 5. The lowest BCUT2D eigenvalue weighted by molar-refractivity contribution is -0.167. The first-order valence-electron chi connectivity index (χ1n) is 15.6. The zero-order chi connectivity index (χ0) is 33.1. The summed E-state index contributed by atoms with van der Waals surface area (Å²) >= 11 is 0. The van der Waals surface area contributed by atoms with Crippen LogP contribution in [-0.4, -0.2) is 96.4 Å². The first kappa shape index (κ1) is 31.8. The van der Waals surface area contributed by atoms with Crippen molar-refractivity contribution in [1.82, 2.24) is 40.4 Å². The van der Waals surface area contributed by atoms with Gasteiger partial charge in [0.15, 0.2) is 11.3 Å². The van der Waals surface area contributed by atoms with E-state index in [1.54, 1.807) is 12.3 Å². The van der Waals surface area contributed by atoms with Gasteiger partial charge in [0.05, 0.1) is 37.3 Å². The molecule has 2 aliphatic carbocycles. The minimum Gasteiger partial charge on any atom is -0.376 e. The molecule has 2 saturated carbocycles. The van der Waals surface area contributed by atoms with Crippen molar-refractivity contribution in [3.63, 3.8) is 0 Å². The largest absolute Gasteiger partial charge is 0.408 e. The molecular formula is C29H33F5N8O5. The highest BCUT2D eigenvalue weighted by atomic mass is 19.4. The van der Waals surface area contributed by atoms with Crippen molar-refractivity contribution >= 4 is 17.5 Å². The maximum Gasteiger partial charge on any atom is 0.408 e. The summed E-state index contributed by atoms with van der Waals surface area (Å²) in [5.74, 6) is -4.56. The first-order chi connectivity index (χ1) is 22.3. The van der Waals surface area contributed by atoms with Crippen molar-refractivity contribution < 1.29 is 46.0 Å². The summed E-state index contributed by atoms with van der Waals surface area (Å²) in [5.41, 5.74) is -0.272. The predicted octanol–water partition coefficient (Wildman–Crippen LogP) is 2.67. The Balaban J connectivity index is 1.19. The molecule has 2 saturated heterocycles. The molecular weight excluding hydrogens is 635 g/mol. The molecule has 5 heterocycles. The van der Waals surface area contributed by atoms with Gasteiger partial charge in [0.2, 0.25) is 11.8 Å². The second kappa shape index (κ2) is 11.7. The number of hydrogen-bond acceptors (Lipinski definition) is 10. The maximum absolute atomic E-state index is 14.1. The lowest BCUT2D eigenvalue weighted by Gasteiger charge is -2.44. The van der Waals surface area contributed by atoms with E-state index in [0.29, 0.717) is 17.0 Å². The van der Waals surface area contributed by atoms with Crippen LogP contribution in [0.25, 0.3) is 5.65 Å². The molecule has 7 rings (SSSR count). The van der Waals surface area contributed by atoms with Gasteiger partial charge in [-0.1, -0.05) is 5.16 Å². The smallest absolute Gasteiger partial charge is 0.376 e. The van der Waals surface area contributed by atoms with Crippen LogP contribution in [0.15, 0.2) is 23.1 Å². The molecule has 4 fully saturated rings. The second-order valence-electron chi connectivity index (χ2n) is 13.0. The summed E-state index contributed by atoms with van der Waals surface area (Å²) < 4.78 is 81.0. The number of hydrogen-bond donors (Lipinski definition) is 3. The van der Waals surface area contributed by atoms with Crippen LogP contribution >= 0.6 is 0 Å². The Morgan fingerprint density at radius 1 is 1.19 bits per heavy atom. The van der Waals surface area contributed by atoms with E-state index in [9.17, 15) is 36.6 Å². The highest BCUT2D eigenvalue weighted by Gasteiger charge is 2.59. The SMILES string of the molecule is O=C(N[C@H](c1cn2ncc(C[C@@]3(N4CCOCC4O)C[C@@H](C(F)(F)F)NC3=O)cc2n1)C1CCC(F)(F)CC1)c1nonc1C1CC1. The van der Waals surface area contributed by atoms with Gasteiger partial charge in [-0.05, 0) is 48.4 Å². The van der Waals surface area contributed by atoms with E-state index in [1.807, 2.05) is 0 Å². The number of halogens is 5. The van der Waals surface area contributed by atoms with E-state index < -0.39 is 54.2 Å². The average molecular weight is 669 g/mol. The van der Waals surface area contributed by atoms with E-state index in [1.165, 1.54) is 15.6 Å². The van der Waals surface area contributed by atoms with Crippen molar-refractivity contribution in [3.05, 3.63) is 41.1 Å². The van der Waals surface area contributed by atoms with E-state index in [2.05, 4.69) is 31.0 Å². The molecule has 0 bridgehead atoms. The number of carbonyl (C=O) groups excluding carboxylic acids is 2. The lowest BCUT2D eigenvalue weighted by atomic mass is 9.81. The predicted molar refractivity (Wildman–Crippen MR) is 149 cm³/mol. The summed E-state index contributed by atoms with van der Waals surface area (Å²) in [7, 11) is 0. The van der Waals surface area contributed by atoms with Crippen LogP contribution in [-0.2, 0) is 16.0 Å². The van der Waals surface area contributed by atoms with Gasteiger partial charge in [-0.25, -0.2) is 22.9 Å². The highest BCUT2D eigenvalue weighted by molar-refractivity contribution is 5.93. The first-order valence-corrected chi connectivity index (χ1v) is 15.6. The molecule has 3 aromatic heterocycles. The number of aliphatic hydroxyl groups is 1. The third kappa shape index (κ3) is 6.17. The number of aromatic nitrogens is 5. The number of fused-ring (bicyclic) bond motifs is 1. The standard InChI is InChI=1S/C29H33F5N8O5/c30-28(31)5-3-17(4-6-28)22(38-25(44)24-23(16-1-2-16)39-47-40-24)18-13-42-20(36-18)9-15(12-35-42)10-27(41-7-8-46-14-21(41)43)11-19(29(32,33)34)37-26(27)45/h9,12-13,16-17,19,21-22,43H,1-8,10-11,14H2,(H,37,45)(H,38,44)/t19-,21?,22-,27+/m0/s1. The second-order valence-corrected chi connectivity index (χ2v) is 13.0. The minimum atomic E-state index is -4.70. The van der Waals surface area contributed by atoms with E-state index in [-0.39, 0.29) is 75.0 Å². The number of ether oxygens (including phenoxy) is 1. The number of aliphatic hydroxyl groups excluding tert-OH is 1. The molecule has 254 valence electrons. The molecule has 2 aliphatic heterocycles. The number of nitrogens with one attached hydrogen (secondary N) is 2. The van der Waals surface area contributed by atoms with Crippen LogP contribution in [0.4, 0.5) is 22.0 Å². The minimum absolute atomic E-state index is 0.0328. The van der Waals surface area contributed by atoms with Gasteiger partial charge in [-0.2, -0.15) is 18.3 Å². The molecule has 18 heteroatoms. The zero-order valence-electron chi connectivity index (χ0n) is 25.1. The Morgan fingerprint density at radius 2 is 1.96 bits per heavy atom. The topological polar surface area (TPSA) is 160 Å². The van der Waals surface area contributed by atoms with Gasteiger partial charge >= 0.3 is 6.18 Å². The number of morpholine rings is 1. The number of amides is 2. The molecule has 1 unspecified atom stereocenters. The van der Waals surface area contributed by atoms with Gasteiger partial charge in [-0.15, -0.1) is 0 Å². The van der Waals surface area contributed by atoms with Crippen LogP contribution in [0.3, 0.4) is 0 Å². The van der Waals surface area contributed by atoms with Crippen molar-refractivity contribution in [2.45, 2.75) is 93.2 Å². The Hall–Kier alpha value is -3.77. The van der Waals surface area contributed by atoms with Gasteiger partial charge in [0.1, 0.15) is 23.5 Å². The molecule has 4 aliphatic rings. The highest BCUT2D eigenvalue weighted by Crippen LogP contribution is 2.43. The Morgan fingerprint density at radius 3 is 2.64 bits per heavy atom. The van der Waals surface area contributed by atoms with Crippen LogP contribution in [0.5, 0.6) is 0 Å². The van der Waals surface area contributed by atoms with Gasteiger partial charge in [0, 0.05) is 38.1 Å². The van der Waals surface area contributed by atoms with Crippen molar-refractivity contribution in [2.24, 2.45) is 5.92 Å². The van der Waals surface area contributed by atoms with Crippen LogP contribution < -0.4 is 10.6 Å². The van der Waals surface area contributed by atoms with Crippen LogP contribution in [0, 0.1) is 5.92 Å². The lowest BCUT2D eigenvalue weighted by Crippen LogP contribution is -2.62. The van der Waals surface area contributed by atoms with Gasteiger partial charge < -0.3 is 20.5 Å². The quantitative estimate of drug-likeness (QED) is 0.305. The van der Waals surface area contributed by atoms with Crippen molar-refractivity contribution in [1.29, 1.82) is 0 Å². The fourth-order valence-corrected chi connectivity index (χ4v) is 7.10. The maximum atomic E-state index is 14.1. The average Bonchev–Trinajstić information content (AvgIpc) is 3.42. The number of rotatable bonds is 8. The van der Waals surface area contributed by atoms with Crippen LogP contribution in [0.1, 0.15) is 84.3 Å². The monoisotopic (exact) mass is 668 g/mol. The molecule has 3 N–H and O–H groups in total. The summed E-state index contributed by atoms with van der Waals surface area (Å²) in [5, 5.41) is 27.7. The third-order valence-electron chi connectivity index (χ3n) is 9.74. The summed E-state index contributed by atoms with van der Waals surface area (Å²) in [6, 6.07) is -1.33. The Bertz CT molecular complexity index is 1650. The summed E-state index contributed by atoms with van der Waals surface area (Å²) in [6.45, 7) is -0.0104. The number of imidazole rings is 1. The van der Waals surface area contributed by atoms with E-state index in [0.717, 1.165) is 12.8 Å². The molecule has 0 radical (unpaired) electrons. The van der Waals surface area contributed by atoms with Crippen molar-refractivity contribution in [3.8, 4) is 0 Å². The fourth-order valence-electron chi connectivity index (χ4n) is 7.10. The molecule has 47 heavy (non-hydrogen) atoms. The third-order valence-corrected chi connectivity index (χ3v) is 9.74. The molecule has 2 amide bonds. The Labute approximate surface area is 264 Å². The van der Waals surface area contributed by atoms with Crippen LogP contribution in [0.2, 0.25) is 0 Å². The van der Waals surface area contributed by atoms with Crippen molar-refractivity contribution in [2.75, 3.05) is 19.8 Å². The molecule has 13 nitrogen and oxygen atoms in total. The molecule has 0 aromatic carbocycles. The summed E-state index contributed by atoms with van der Waals surface area (Å²) in [6.07, 6.45) is -2.64. The Kier molecular flexibility index (Phi) is 7.94. The summed E-state index contributed by atoms with van der Waals surface area (Å²) in [4.78, 5) is 32.7. The number of nitrogens with zero attached hydrogens (tertiary/aromatic N) is 6. The molecule has 4 atom stereocenters. The number of carbonyl (C=O) groups is 2. The van der Waals surface area contributed by atoms with E-state index >= 15 is 0 Å². The molecule has 3 aromatic rings. The van der Waals surface area contributed by atoms with Gasteiger partial charge in [0.25, 0.3) is 5.91 Å². The van der Waals surface area contributed by atoms with E-state index in [4.69, 9.17) is 9.37 Å². The normalized spacial score (nSPS) is 28.0. The molecule has 0 spiro atoms.